The Morgan fingerprint density at radius 1 is 1.09 bits per heavy atom. The van der Waals surface area contributed by atoms with E-state index < -0.39 is 12.1 Å². The zero-order valence-electron chi connectivity index (χ0n) is 18.8. The van der Waals surface area contributed by atoms with Gasteiger partial charge in [0.2, 0.25) is 5.91 Å². The Morgan fingerprint density at radius 2 is 1.88 bits per heavy atom. The molecule has 9 nitrogen and oxygen atoms in total. The summed E-state index contributed by atoms with van der Waals surface area (Å²) in [4.78, 5) is 38.9. The summed E-state index contributed by atoms with van der Waals surface area (Å²) in [7, 11) is 5.00. The molecule has 0 bridgehead atoms. The van der Waals surface area contributed by atoms with E-state index in [1.165, 1.54) is 14.2 Å². The predicted octanol–water partition coefficient (Wildman–Crippen LogP) is 3.03. The second kappa shape index (κ2) is 9.23. The SMILES string of the molecule is COc1ccc(CN2C(=O)NC(CCC(=O)Nc3cccc4c3ccn4C)C2=O)cc1OC. The third-order valence-corrected chi connectivity index (χ3v) is 5.76. The van der Waals surface area contributed by atoms with Crippen molar-refractivity contribution in [1.29, 1.82) is 0 Å². The molecule has 1 aromatic heterocycles. The molecule has 1 saturated heterocycles. The van der Waals surface area contributed by atoms with Gasteiger partial charge in [-0.25, -0.2) is 4.79 Å². The van der Waals surface area contributed by atoms with Gasteiger partial charge in [-0.3, -0.25) is 14.5 Å². The van der Waals surface area contributed by atoms with Gasteiger partial charge in [0.15, 0.2) is 11.5 Å². The summed E-state index contributed by atoms with van der Waals surface area (Å²) < 4.78 is 12.5. The molecular weight excluding hydrogens is 424 g/mol. The third-order valence-electron chi connectivity index (χ3n) is 5.76. The molecule has 4 rings (SSSR count). The van der Waals surface area contributed by atoms with Gasteiger partial charge in [0.25, 0.3) is 5.91 Å². The van der Waals surface area contributed by atoms with Crippen LogP contribution in [-0.2, 0) is 23.2 Å². The molecule has 9 heteroatoms. The maximum absolute atomic E-state index is 12.8. The Kier molecular flexibility index (Phi) is 6.21. The van der Waals surface area contributed by atoms with Crippen molar-refractivity contribution in [2.45, 2.75) is 25.4 Å². The average Bonchev–Trinajstić information content (AvgIpc) is 3.32. The molecule has 0 saturated carbocycles. The predicted molar refractivity (Wildman–Crippen MR) is 123 cm³/mol. The molecule has 2 aromatic carbocycles. The molecule has 2 N–H and O–H groups in total. The van der Waals surface area contributed by atoms with E-state index >= 15 is 0 Å². The van der Waals surface area contributed by atoms with E-state index in [1.54, 1.807) is 18.2 Å². The fraction of sp³-hybridized carbons (Fsp3) is 0.292. The lowest BCUT2D eigenvalue weighted by molar-refractivity contribution is -0.128. The number of hydrogen-bond acceptors (Lipinski definition) is 5. The fourth-order valence-corrected chi connectivity index (χ4v) is 3.98. The van der Waals surface area contributed by atoms with Gasteiger partial charge in [-0.05, 0) is 42.3 Å². The number of ether oxygens (including phenoxy) is 2. The van der Waals surface area contributed by atoms with Crippen molar-refractivity contribution in [3.05, 3.63) is 54.2 Å². The van der Waals surface area contributed by atoms with E-state index in [2.05, 4.69) is 10.6 Å². The van der Waals surface area contributed by atoms with Gasteiger partial charge in [-0.1, -0.05) is 12.1 Å². The van der Waals surface area contributed by atoms with Crippen LogP contribution in [0.2, 0.25) is 0 Å². The number of aryl methyl sites for hydroxylation is 1. The summed E-state index contributed by atoms with van der Waals surface area (Å²) in [5.74, 6) is 0.511. The van der Waals surface area contributed by atoms with Crippen molar-refractivity contribution in [1.82, 2.24) is 14.8 Å². The Bertz CT molecular complexity index is 1220. The van der Waals surface area contributed by atoms with Crippen molar-refractivity contribution in [2.75, 3.05) is 19.5 Å². The molecule has 0 radical (unpaired) electrons. The number of fused-ring (bicyclic) bond motifs is 1. The van der Waals surface area contributed by atoms with Gasteiger partial charge in [0.05, 0.1) is 26.5 Å². The highest BCUT2D eigenvalue weighted by molar-refractivity contribution is 6.05. The molecule has 1 unspecified atom stereocenters. The number of aromatic nitrogens is 1. The molecule has 2 heterocycles. The molecular formula is C24H26N4O5. The minimum absolute atomic E-state index is 0.101. The number of carbonyl (C=O) groups excluding carboxylic acids is 3. The Hall–Kier alpha value is -4.01. The number of nitrogens with one attached hydrogen (secondary N) is 2. The van der Waals surface area contributed by atoms with Gasteiger partial charge in [-0.15, -0.1) is 0 Å². The second-order valence-corrected chi connectivity index (χ2v) is 7.87. The van der Waals surface area contributed by atoms with Crippen LogP contribution in [0.4, 0.5) is 10.5 Å². The van der Waals surface area contributed by atoms with Crippen LogP contribution in [0, 0.1) is 0 Å². The highest BCUT2D eigenvalue weighted by Gasteiger charge is 2.37. The first-order valence-corrected chi connectivity index (χ1v) is 10.6. The molecule has 33 heavy (non-hydrogen) atoms. The lowest BCUT2D eigenvalue weighted by Gasteiger charge is -2.15. The molecule has 4 amide bonds. The maximum atomic E-state index is 12.8. The number of hydrogen-bond donors (Lipinski definition) is 2. The van der Waals surface area contributed by atoms with Gasteiger partial charge < -0.3 is 24.7 Å². The lowest BCUT2D eigenvalue weighted by Crippen LogP contribution is -2.31. The zero-order valence-corrected chi connectivity index (χ0v) is 18.8. The summed E-state index contributed by atoms with van der Waals surface area (Å²) in [6.45, 7) is 0.101. The van der Waals surface area contributed by atoms with Crippen LogP contribution in [0.1, 0.15) is 18.4 Å². The number of amides is 4. The normalized spacial score (nSPS) is 15.6. The zero-order chi connectivity index (χ0) is 23.5. The summed E-state index contributed by atoms with van der Waals surface area (Å²) >= 11 is 0. The monoisotopic (exact) mass is 450 g/mol. The standard InChI is InChI=1S/C24H26N4O5/c1-27-12-11-16-17(5-4-6-19(16)27)25-22(29)10-8-18-23(30)28(24(31)26-18)14-15-7-9-20(32-2)21(13-15)33-3/h4-7,9,11-13,18H,8,10,14H2,1-3H3,(H,25,29)(H,26,31). The van der Waals surface area contributed by atoms with Crippen LogP contribution in [-0.4, -0.2) is 47.6 Å². The number of methoxy groups -OCH3 is 2. The lowest BCUT2D eigenvalue weighted by atomic mass is 10.1. The topological polar surface area (TPSA) is 102 Å². The number of anilines is 1. The minimum atomic E-state index is -0.740. The van der Waals surface area contributed by atoms with Gasteiger partial charge in [-0.2, -0.15) is 0 Å². The van der Waals surface area contributed by atoms with Crippen LogP contribution in [0.5, 0.6) is 11.5 Å². The van der Waals surface area contributed by atoms with Crippen molar-refractivity contribution in [3.63, 3.8) is 0 Å². The van der Waals surface area contributed by atoms with Crippen LogP contribution >= 0.6 is 0 Å². The van der Waals surface area contributed by atoms with E-state index in [1.807, 2.05) is 42.1 Å². The second-order valence-electron chi connectivity index (χ2n) is 7.87. The summed E-state index contributed by atoms with van der Waals surface area (Å²) in [5.41, 5.74) is 2.46. The van der Waals surface area contributed by atoms with Crippen LogP contribution in [0.15, 0.2) is 48.7 Å². The summed E-state index contributed by atoms with van der Waals surface area (Å²) in [5, 5.41) is 6.53. The first-order valence-electron chi connectivity index (χ1n) is 10.6. The first kappa shape index (κ1) is 22.2. The minimum Gasteiger partial charge on any atom is -0.493 e. The van der Waals surface area contributed by atoms with E-state index in [0.29, 0.717) is 11.5 Å². The number of rotatable bonds is 8. The van der Waals surface area contributed by atoms with E-state index in [0.717, 1.165) is 27.1 Å². The highest BCUT2D eigenvalue weighted by atomic mass is 16.5. The number of benzene rings is 2. The summed E-state index contributed by atoms with van der Waals surface area (Å²) in [6, 6.07) is 11.6. The fourth-order valence-electron chi connectivity index (χ4n) is 3.98. The summed E-state index contributed by atoms with van der Waals surface area (Å²) in [6.07, 6.45) is 2.24. The van der Waals surface area contributed by atoms with Crippen molar-refractivity contribution < 1.29 is 23.9 Å². The number of carbonyl (C=O) groups is 3. The van der Waals surface area contributed by atoms with E-state index in [4.69, 9.17) is 9.47 Å². The van der Waals surface area contributed by atoms with E-state index in [-0.39, 0.29) is 31.2 Å². The van der Waals surface area contributed by atoms with Crippen molar-refractivity contribution in [2.24, 2.45) is 7.05 Å². The Labute approximate surface area is 191 Å². The first-order chi connectivity index (χ1) is 15.9. The molecule has 1 fully saturated rings. The molecule has 1 aliphatic rings. The average molecular weight is 450 g/mol. The van der Waals surface area contributed by atoms with Crippen LogP contribution in [0.25, 0.3) is 10.9 Å². The van der Waals surface area contributed by atoms with E-state index in [9.17, 15) is 14.4 Å². The third kappa shape index (κ3) is 4.48. The smallest absolute Gasteiger partial charge is 0.325 e. The van der Waals surface area contributed by atoms with Gasteiger partial charge in [0.1, 0.15) is 6.04 Å². The van der Waals surface area contributed by atoms with Crippen LogP contribution in [0.3, 0.4) is 0 Å². The van der Waals surface area contributed by atoms with Crippen LogP contribution < -0.4 is 20.1 Å². The highest BCUT2D eigenvalue weighted by Crippen LogP contribution is 2.29. The maximum Gasteiger partial charge on any atom is 0.325 e. The van der Waals surface area contributed by atoms with Crippen molar-refractivity contribution in [3.8, 4) is 11.5 Å². The molecule has 0 spiro atoms. The quantitative estimate of drug-likeness (QED) is 0.514. The molecule has 1 atom stereocenters. The number of imide groups is 1. The number of urea groups is 1. The Morgan fingerprint density at radius 3 is 2.64 bits per heavy atom. The number of nitrogens with zero attached hydrogens (tertiary/aromatic N) is 2. The van der Waals surface area contributed by atoms with Gasteiger partial charge >= 0.3 is 6.03 Å². The molecule has 0 aliphatic carbocycles. The molecule has 3 aromatic rings. The Balaban J connectivity index is 1.36. The van der Waals surface area contributed by atoms with Crippen molar-refractivity contribution >= 4 is 34.4 Å². The van der Waals surface area contributed by atoms with Gasteiger partial charge in [0, 0.05) is 30.6 Å². The molecule has 172 valence electrons. The largest absolute Gasteiger partial charge is 0.493 e. The molecule has 1 aliphatic heterocycles.